The third kappa shape index (κ3) is 3.12. The second-order valence-electron chi connectivity index (χ2n) is 5.58. The maximum Gasteiger partial charge on any atom is 0.269 e. The van der Waals surface area contributed by atoms with Crippen molar-refractivity contribution in [3.63, 3.8) is 0 Å². The van der Waals surface area contributed by atoms with Crippen molar-refractivity contribution >= 4 is 22.5 Å². The first-order valence-corrected chi connectivity index (χ1v) is 7.73. The van der Waals surface area contributed by atoms with Gasteiger partial charge in [-0.2, -0.15) is 0 Å². The van der Waals surface area contributed by atoms with Crippen molar-refractivity contribution in [2.24, 2.45) is 5.73 Å². The van der Waals surface area contributed by atoms with Crippen LogP contribution in [0.5, 0.6) is 0 Å². The van der Waals surface area contributed by atoms with Crippen LogP contribution in [0.15, 0.2) is 41.2 Å². The highest BCUT2D eigenvalue weighted by Crippen LogP contribution is 2.27. The van der Waals surface area contributed by atoms with Gasteiger partial charge in [0.25, 0.3) is 12.0 Å². The number of alkyl halides is 2. The van der Waals surface area contributed by atoms with Crippen LogP contribution in [0.25, 0.3) is 16.6 Å². The fraction of sp³-hybridized carbons (Fsp3) is 0.176. The lowest BCUT2D eigenvalue weighted by Gasteiger charge is -2.17. The van der Waals surface area contributed by atoms with Gasteiger partial charge in [-0.1, -0.05) is 17.7 Å². The van der Waals surface area contributed by atoms with Crippen LogP contribution in [0.3, 0.4) is 0 Å². The molecule has 0 aliphatic heterocycles. The van der Waals surface area contributed by atoms with Gasteiger partial charge in [0.05, 0.1) is 17.2 Å². The summed E-state index contributed by atoms with van der Waals surface area (Å²) < 4.78 is 41.3. The topological polar surface area (TPSA) is 60.9 Å². The van der Waals surface area contributed by atoms with Gasteiger partial charge in [0.2, 0.25) is 0 Å². The minimum absolute atomic E-state index is 0.0176. The number of rotatable bonds is 3. The number of halogens is 4. The van der Waals surface area contributed by atoms with Crippen LogP contribution < -0.4 is 11.3 Å². The normalized spacial score (nSPS) is 12.8. The largest absolute Gasteiger partial charge is 0.322 e. The molecule has 25 heavy (non-hydrogen) atoms. The van der Waals surface area contributed by atoms with Crippen LogP contribution in [0.2, 0.25) is 5.02 Å². The molecule has 3 aromatic rings. The SMILES string of the molecule is C[C@H](N)c1nc2cccc(F)c2c(=O)n1-c1cc(Cl)cc(C(F)F)c1. The monoisotopic (exact) mass is 367 g/mol. The van der Waals surface area contributed by atoms with Gasteiger partial charge in [-0.3, -0.25) is 9.36 Å². The van der Waals surface area contributed by atoms with E-state index in [0.29, 0.717) is 0 Å². The van der Waals surface area contributed by atoms with E-state index in [0.717, 1.165) is 22.8 Å². The Bertz CT molecular complexity index is 1020. The zero-order valence-corrected chi connectivity index (χ0v) is 13.8. The fourth-order valence-corrected chi connectivity index (χ4v) is 2.85. The van der Waals surface area contributed by atoms with Gasteiger partial charge in [0.1, 0.15) is 17.0 Å². The van der Waals surface area contributed by atoms with Crippen molar-refractivity contribution in [3.05, 3.63) is 69.0 Å². The summed E-state index contributed by atoms with van der Waals surface area (Å²) in [6.45, 7) is 1.59. The van der Waals surface area contributed by atoms with Crippen molar-refractivity contribution in [3.8, 4) is 5.69 Å². The molecule has 1 atom stereocenters. The number of fused-ring (bicyclic) bond motifs is 1. The third-order valence-electron chi connectivity index (χ3n) is 3.69. The Balaban J connectivity index is 2.43. The van der Waals surface area contributed by atoms with Crippen LogP contribution in [0.4, 0.5) is 13.2 Å². The molecule has 130 valence electrons. The number of aromatic nitrogens is 2. The number of hydrogen-bond acceptors (Lipinski definition) is 3. The maximum absolute atomic E-state index is 14.1. The number of nitrogens with two attached hydrogens (primary N) is 1. The minimum Gasteiger partial charge on any atom is -0.322 e. The van der Waals surface area contributed by atoms with E-state index in [2.05, 4.69) is 4.98 Å². The van der Waals surface area contributed by atoms with Crippen molar-refractivity contribution in [1.29, 1.82) is 0 Å². The molecule has 1 aromatic heterocycles. The second kappa shape index (κ2) is 6.50. The molecule has 0 unspecified atom stereocenters. The first kappa shape index (κ1) is 17.4. The molecule has 0 bridgehead atoms. The molecule has 0 fully saturated rings. The molecular weight excluding hydrogens is 355 g/mol. The van der Waals surface area contributed by atoms with Crippen molar-refractivity contribution in [2.75, 3.05) is 0 Å². The predicted octanol–water partition coefficient (Wildman–Crippen LogP) is 4.14. The Labute approximate surface area is 145 Å². The average molecular weight is 368 g/mol. The van der Waals surface area contributed by atoms with Crippen molar-refractivity contribution < 1.29 is 13.2 Å². The van der Waals surface area contributed by atoms with Gasteiger partial charge in [0, 0.05) is 10.6 Å². The minimum atomic E-state index is -2.78. The van der Waals surface area contributed by atoms with E-state index in [1.54, 1.807) is 6.92 Å². The molecule has 4 nitrogen and oxygen atoms in total. The van der Waals surface area contributed by atoms with E-state index in [-0.39, 0.29) is 33.0 Å². The van der Waals surface area contributed by atoms with Crippen LogP contribution in [0.1, 0.15) is 30.8 Å². The maximum atomic E-state index is 14.1. The third-order valence-corrected chi connectivity index (χ3v) is 3.91. The highest BCUT2D eigenvalue weighted by atomic mass is 35.5. The Morgan fingerprint density at radius 3 is 2.60 bits per heavy atom. The summed E-state index contributed by atoms with van der Waals surface area (Å²) in [5.74, 6) is -0.637. The van der Waals surface area contributed by atoms with E-state index in [4.69, 9.17) is 17.3 Å². The molecule has 8 heteroatoms. The molecule has 3 rings (SSSR count). The van der Waals surface area contributed by atoms with Crippen molar-refractivity contribution in [1.82, 2.24) is 9.55 Å². The molecule has 2 N–H and O–H groups in total. The van der Waals surface area contributed by atoms with Crippen LogP contribution in [-0.2, 0) is 0 Å². The van der Waals surface area contributed by atoms with Crippen LogP contribution in [-0.4, -0.2) is 9.55 Å². The van der Waals surface area contributed by atoms with Gasteiger partial charge >= 0.3 is 0 Å². The highest BCUT2D eigenvalue weighted by molar-refractivity contribution is 6.30. The molecule has 0 spiro atoms. The summed E-state index contributed by atoms with van der Waals surface area (Å²) in [5.41, 5.74) is 4.98. The van der Waals surface area contributed by atoms with Gasteiger partial charge in [-0.05, 0) is 37.3 Å². The standard InChI is InChI=1S/C17H13ClF3N3O/c1-8(22)16-23-13-4-2-3-12(19)14(13)17(25)24(16)11-6-9(15(20)21)5-10(18)7-11/h2-8,15H,22H2,1H3/t8-/m0/s1. The summed E-state index contributed by atoms with van der Waals surface area (Å²) in [7, 11) is 0. The van der Waals surface area contributed by atoms with Crippen LogP contribution in [0, 0.1) is 5.82 Å². The predicted molar refractivity (Wildman–Crippen MR) is 89.9 cm³/mol. The molecular formula is C17H13ClF3N3O. The summed E-state index contributed by atoms with van der Waals surface area (Å²) >= 11 is 5.90. The Morgan fingerprint density at radius 1 is 1.24 bits per heavy atom. The lowest BCUT2D eigenvalue weighted by Crippen LogP contribution is -2.28. The van der Waals surface area contributed by atoms with Gasteiger partial charge < -0.3 is 5.73 Å². The van der Waals surface area contributed by atoms with Gasteiger partial charge in [-0.15, -0.1) is 0 Å². The molecule has 0 amide bonds. The second-order valence-corrected chi connectivity index (χ2v) is 6.01. The van der Waals surface area contributed by atoms with Gasteiger partial charge in [-0.25, -0.2) is 18.2 Å². The fourth-order valence-electron chi connectivity index (χ4n) is 2.61. The molecule has 2 aromatic carbocycles. The summed E-state index contributed by atoms with van der Waals surface area (Å²) in [5, 5.41) is -0.227. The lowest BCUT2D eigenvalue weighted by atomic mass is 10.1. The van der Waals surface area contributed by atoms with E-state index in [1.807, 2.05) is 0 Å². The molecule has 0 radical (unpaired) electrons. The van der Waals surface area contributed by atoms with E-state index in [1.165, 1.54) is 18.2 Å². The number of benzene rings is 2. The van der Waals surface area contributed by atoms with Gasteiger partial charge in [0.15, 0.2) is 0 Å². The Kier molecular flexibility index (Phi) is 4.53. The summed E-state index contributed by atoms with van der Waals surface area (Å²) in [6.07, 6.45) is -2.78. The van der Waals surface area contributed by atoms with Crippen molar-refractivity contribution in [2.45, 2.75) is 19.4 Å². The molecule has 0 aliphatic rings. The van der Waals surface area contributed by atoms with Crippen LogP contribution >= 0.6 is 11.6 Å². The first-order valence-electron chi connectivity index (χ1n) is 7.35. The number of nitrogens with zero attached hydrogens (tertiary/aromatic N) is 2. The summed E-state index contributed by atoms with van der Waals surface area (Å²) in [6, 6.07) is 6.87. The smallest absolute Gasteiger partial charge is 0.269 e. The van der Waals surface area contributed by atoms with E-state index >= 15 is 0 Å². The summed E-state index contributed by atoms with van der Waals surface area (Å²) in [4.78, 5) is 17.1. The zero-order valence-electron chi connectivity index (χ0n) is 13.0. The lowest BCUT2D eigenvalue weighted by molar-refractivity contribution is 0.151. The highest BCUT2D eigenvalue weighted by Gasteiger charge is 2.19. The first-order chi connectivity index (χ1) is 11.8. The number of hydrogen-bond donors (Lipinski definition) is 1. The van der Waals surface area contributed by atoms with E-state index in [9.17, 15) is 18.0 Å². The average Bonchev–Trinajstić information content (AvgIpc) is 2.53. The molecule has 1 heterocycles. The molecule has 0 saturated carbocycles. The quantitative estimate of drug-likeness (QED) is 0.757. The molecule has 0 saturated heterocycles. The van der Waals surface area contributed by atoms with E-state index < -0.39 is 23.8 Å². The Hall–Kier alpha value is -2.38. The zero-order chi connectivity index (χ0) is 18.3. The Morgan fingerprint density at radius 2 is 1.96 bits per heavy atom. The molecule has 0 aliphatic carbocycles.